The minimum absolute atomic E-state index is 0.177. The first-order valence-corrected chi connectivity index (χ1v) is 9.67. The van der Waals surface area contributed by atoms with Crippen molar-refractivity contribution in [2.24, 2.45) is 0 Å². The Kier molecular flexibility index (Phi) is 7.84. The van der Waals surface area contributed by atoms with Crippen LogP contribution in [0.3, 0.4) is 0 Å². The molecule has 7 nitrogen and oxygen atoms in total. The number of hydrogen-bond acceptors (Lipinski definition) is 7. The van der Waals surface area contributed by atoms with Gasteiger partial charge in [0.25, 0.3) is 0 Å². The minimum atomic E-state index is -5.72. The highest BCUT2D eigenvalue weighted by Gasteiger charge is 2.43. The Morgan fingerprint density at radius 2 is 0.900 bits per heavy atom. The summed E-state index contributed by atoms with van der Waals surface area (Å²) in [6, 6.07) is 6.77. The van der Waals surface area contributed by atoms with E-state index in [1.807, 2.05) is 0 Å². The molecule has 0 heterocycles. The molecule has 0 unspecified atom stereocenters. The van der Waals surface area contributed by atoms with Crippen LogP contribution in [0.1, 0.15) is 44.5 Å². The second kappa shape index (κ2) is 10.4. The molecule has 2 aromatic rings. The molecule has 0 amide bonds. The Morgan fingerprint density at radius 1 is 0.500 bits per heavy atom. The van der Waals surface area contributed by atoms with Crippen molar-refractivity contribution in [2.75, 3.05) is 0 Å². The summed E-state index contributed by atoms with van der Waals surface area (Å²) in [5.41, 5.74) is -17.5. The lowest BCUT2D eigenvalue weighted by Crippen LogP contribution is -2.34. The van der Waals surface area contributed by atoms with E-state index in [2.05, 4.69) is 0 Å². The Balaban J connectivity index is 3.65. The largest absolute Gasteiger partial charge is 0.418 e. The highest BCUT2D eigenvalue weighted by atomic mass is 19.4. The van der Waals surface area contributed by atoms with Crippen LogP contribution in [-0.2, 0) is 18.5 Å². The van der Waals surface area contributed by atoms with E-state index in [1.54, 1.807) is 0 Å². The van der Waals surface area contributed by atoms with Gasteiger partial charge in [-0.3, -0.25) is 0 Å². The molecule has 0 atom stereocenters. The van der Waals surface area contributed by atoms with Crippen LogP contribution in [0.5, 0.6) is 0 Å². The van der Waals surface area contributed by atoms with Crippen molar-refractivity contribution < 1.29 is 39.5 Å². The molecule has 0 aliphatic carbocycles. The fourth-order valence-electron chi connectivity index (χ4n) is 3.62. The van der Waals surface area contributed by atoms with Gasteiger partial charge in [-0.25, -0.2) is 0 Å². The molecule has 40 heavy (non-hydrogen) atoms. The highest BCUT2D eigenvalue weighted by Crippen LogP contribution is 2.41. The maximum atomic E-state index is 14.2. The van der Waals surface area contributed by atoms with Crippen molar-refractivity contribution in [1.82, 2.24) is 0 Å². The summed E-state index contributed by atoms with van der Waals surface area (Å²) in [6.07, 6.45) is -17.0. The molecule has 0 aliphatic heterocycles. The number of alkyl halides is 9. The van der Waals surface area contributed by atoms with Crippen LogP contribution in [0, 0.1) is 79.3 Å². The monoisotopic (exact) mass is 559 g/mol. The van der Waals surface area contributed by atoms with Crippen LogP contribution in [-0.4, -0.2) is 0 Å². The quantitative estimate of drug-likeness (QED) is 0.473. The number of rotatable bonds is 1. The second-order valence-corrected chi connectivity index (χ2v) is 7.22. The fourth-order valence-corrected chi connectivity index (χ4v) is 3.62. The molecule has 16 heteroatoms. The SMILES string of the molecule is N#CC(C#N)=c1c(C#N)c(C#N)/c(=C(/C#N)c2cc(C(F)(F)F)c(C#N)c(C(F)(F)F)c2)c(C#N)c1C(F)(F)F. The van der Waals surface area contributed by atoms with Crippen LogP contribution in [0.25, 0.3) is 11.1 Å². The fraction of sp³-hybridized carbons (Fsp3) is 0.125. The number of benzene rings is 2. The Morgan fingerprint density at radius 3 is 1.20 bits per heavy atom. The van der Waals surface area contributed by atoms with Gasteiger partial charge in [0.2, 0.25) is 0 Å². The maximum Gasteiger partial charge on any atom is 0.418 e. The Bertz CT molecular complexity index is 1830. The lowest BCUT2D eigenvalue weighted by atomic mass is 9.86. The third-order valence-electron chi connectivity index (χ3n) is 5.10. The van der Waals surface area contributed by atoms with Gasteiger partial charge >= 0.3 is 18.5 Å². The van der Waals surface area contributed by atoms with E-state index in [-0.39, 0.29) is 12.1 Å². The van der Waals surface area contributed by atoms with Gasteiger partial charge < -0.3 is 0 Å². The molecule has 2 aromatic carbocycles. The normalized spacial score (nSPS) is 11.8. The molecule has 0 saturated heterocycles. The van der Waals surface area contributed by atoms with Gasteiger partial charge in [0.1, 0.15) is 48.1 Å². The van der Waals surface area contributed by atoms with Crippen LogP contribution in [0.15, 0.2) is 12.1 Å². The summed E-state index contributed by atoms with van der Waals surface area (Å²) >= 11 is 0. The van der Waals surface area contributed by atoms with Crippen molar-refractivity contribution in [3.63, 3.8) is 0 Å². The average molecular weight is 559 g/mol. The molecule has 196 valence electrons. The zero-order valence-corrected chi connectivity index (χ0v) is 18.7. The van der Waals surface area contributed by atoms with Crippen molar-refractivity contribution in [3.8, 4) is 42.5 Å². The topological polar surface area (TPSA) is 167 Å². The van der Waals surface area contributed by atoms with Crippen LogP contribution >= 0.6 is 0 Å². The third-order valence-corrected chi connectivity index (χ3v) is 5.10. The van der Waals surface area contributed by atoms with E-state index in [1.165, 1.54) is 6.07 Å². The molecule has 0 saturated carbocycles. The summed E-state index contributed by atoms with van der Waals surface area (Å²) in [6.45, 7) is 0. The molecule has 0 fully saturated rings. The average Bonchev–Trinajstić information content (AvgIpc) is 2.86. The first-order chi connectivity index (χ1) is 18.5. The van der Waals surface area contributed by atoms with E-state index in [9.17, 15) is 60.6 Å². The van der Waals surface area contributed by atoms with E-state index >= 15 is 0 Å². The molecule has 0 bridgehead atoms. The van der Waals surface area contributed by atoms with Crippen molar-refractivity contribution >= 4 is 11.1 Å². The van der Waals surface area contributed by atoms with E-state index < -0.39 is 84.6 Å². The number of halogens is 9. The molecule has 2 rings (SSSR count). The summed E-state index contributed by atoms with van der Waals surface area (Å²) in [7, 11) is 0. The van der Waals surface area contributed by atoms with Crippen LogP contribution in [0.2, 0.25) is 0 Å². The summed E-state index contributed by atoms with van der Waals surface area (Å²) in [4.78, 5) is 0. The van der Waals surface area contributed by atoms with Crippen molar-refractivity contribution in [2.45, 2.75) is 18.5 Å². The molecule has 0 N–H and O–H groups in total. The first-order valence-electron chi connectivity index (χ1n) is 9.67. The van der Waals surface area contributed by atoms with E-state index in [4.69, 9.17) is 15.8 Å². The molecular weight excluding hydrogens is 557 g/mol. The molecule has 0 aliphatic rings. The first kappa shape index (κ1) is 30.2. The zero-order chi connectivity index (χ0) is 30.8. The van der Waals surface area contributed by atoms with Crippen LogP contribution < -0.4 is 10.4 Å². The van der Waals surface area contributed by atoms with Crippen molar-refractivity contribution in [1.29, 1.82) is 36.8 Å². The summed E-state index contributed by atoms with van der Waals surface area (Å²) < 4.78 is 124. The lowest BCUT2D eigenvalue weighted by molar-refractivity contribution is -0.143. The number of nitrogens with zero attached hydrogens (tertiary/aromatic N) is 7. The summed E-state index contributed by atoms with van der Waals surface area (Å²) in [5, 5.41) is 62.7. The molecule has 0 aromatic heterocycles. The van der Waals surface area contributed by atoms with E-state index in [0.29, 0.717) is 0 Å². The maximum absolute atomic E-state index is 14.2. The number of nitriles is 7. The molecular formula is C24H2F9N7. The Labute approximate surface area is 216 Å². The highest BCUT2D eigenvalue weighted by molar-refractivity contribution is 5.83. The van der Waals surface area contributed by atoms with Gasteiger partial charge in [-0.1, -0.05) is 0 Å². The third kappa shape index (κ3) is 5.05. The van der Waals surface area contributed by atoms with Gasteiger partial charge in [0.05, 0.1) is 44.5 Å². The van der Waals surface area contributed by atoms with Gasteiger partial charge in [0, 0.05) is 10.4 Å². The second-order valence-electron chi connectivity index (χ2n) is 7.22. The zero-order valence-electron chi connectivity index (χ0n) is 18.7. The Hall–Kier alpha value is -6.02. The van der Waals surface area contributed by atoms with Gasteiger partial charge in [-0.2, -0.15) is 76.3 Å². The number of hydrogen-bond donors (Lipinski definition) is 0. The van der Waals surface area contributed by atoms with Crippen LogP contribution in [0.4, 0.5) is 39.5 Å². The molecule has 0 spiro atoms. The predicted molar refractivity (Wildman–Crippen MR) is 109 cm³/mol. The lowest BCUT2D eigenvalue weighted by Gasteiger charge is -2.18. The van der Waals surface area contributed by atoms with E-state index in [0.717, 1.165) is 36.4 Å². The smallest absolute Gasteiger partial charge is 0.192 e. The standard InChI is InChI=1S/C24H2F9N7/c25-22(26,27)17-1-10(2-18(15(17)8-39)23(28,29)30)12(5-36)20-14(7-38)13(6-37)19(11(3-34)4-35)21(16(20)9-40)24(31,32)33/h1-2H/b20-12+. The minimum Gasteiger partial charge on any atom is -0.192 e. The van der Waals surface area contributed by atoms with Crippen molar-refractivity contribution in [3.05, 3.63) is 67.1 Å². The molecule has 0 radical (unpaired) electrons. The van der Waals surface area contributed by atoms with Gasteiger partial charge in [-0.05, 0) is 17.7 Å². The predicted octanol–water partition coefficient (Wildman–Crippen LogP) is 4.15. The van der Waals surface area contributed by atoms with Gasteiger partial charge in [-0.15, -0.1) is 0 Å². The van der Waals surface area contributed by atoms with Gasteiger partial charge in [0.15, 0.2) is 0 Å². The summed E-state index contributed by atoms with van der Waals surface area (Å²) in [5.74, 6) is 0.